The number of nitrogens with one attached hydrogen (secondary N) is 4. The van der Waals surface area contributed by atoms with Gasteiger partial charge in [0.1, 0.15) is 36.0 Å². The van der Waals surface area contributed by atoms with Crippen LogP contribution in [0.15, 0.2) is 29.3 Å². The first kappa shape index (κ1) is 41.5. The average Bonchev–Trinajstić information content (AvgIpc) is 3.59. The Hall–Kier alpha value is -4.89. The van der Waals surface area contributed by atoms with Crippen LogP contribution in [0.3, 0.4) is 0 Å². The van der Waals surface area contributed by atoms with Crippen molar-refractivity contribution in [3.8, 4) is 5.75 Å². The molecular weight excluding hydrogens is 670 g/mol. The molecule has 16 nitrogen and oxygen atoms in total. The van der Waals surface area contributed by atoms with Crippen LogP contribution in [0.25, 0.3) is 0 Å². The molecular formula is C36H57N9O7. The van der Waals surface area contributed by atoms with Gasteiger partial charge in [0, 0.05) is 26.4 Å². The molecule has 11 N–H and O–H groups in total. The molecule has 2 fully saturated rings. The lowest BCUT2D eigenvalue weighted by atomic mass is 9.84. The smallest absolute Gasteiger partial charge is 0.245 e. The summed E-state index contributed by atoms with van der Waals surface area (Å²) < 4.78 is 0. The number of phenols is 1. The van der Waals surface area contributed by atoms with Gasteiger partial charge in [-0.3, -0.25) is 33.8 Å². The van der Waals surface area contributed by atoms with Crippen molar-refractivity contribution in [2.75, 3.05) is 13.1 Å². The molecule has 1 saturated heterocycles. The summed E-state index contributed by atoms with van der Waals surface area (Å²) in [6.45, 7) is 5.44. The van der Waals surface area contributed by atoms with E-state index in [0.29, 0.717) is 31.2 Å². The van der Waals surface area contributed by atoms with Crippen molar-refractivity contribution in [1.82, 2.24) is 26.2 Å². The highest BCUT2D eigenvalue weighted by Gasteiger charge is 2.40. The third-order valence-corrected chi connectivity index (χ3v) is 9.67. The SMILES string of the molecule is CC(=O)N[C@@H](C(=O)N[C@@H](CC1CCCCC1)C(=O)N1CCC[C@@H]1C(=O)N[C@H](Cc1ccc(O)cc1)C(=O)N[C@@H](CCCN=C(N)N)C(N)=O)C(C)C. The number of hydrogen-bond donors (Lipinski definition) is 8. The van der Waals surface area contributed by atoms with Gasteiger partial charge >= 0.3 is 0 Å². The van der Waals surface area contributed by atoms with Crippen molar-refractivity contribution in [1.29, 1.82) is 0 Å². The average molecular weight is 728 g/mol. The van der Waals surface area contributed by atoms with E-state index in [1.807, 2.05) is 13.8 Å². The van der Waals surface area contributed by atoms with Gasteiger partial charge in [-0.25, -0.2) is 0 Å². The van der Waals surface area contributed by atoms with E-state index >= 15 is 0 Å². The van der Waals surface area contributed by atoms with E-state index in [2.05, 4.69) is 26.3 Å². The highest BCUT2D eigenvalue weighted by Crippen LogP contribution is 2.29. The maximum Gasteiger partial charge on any atom is 0.245 e. The number of primary amides is 1. The second-order valence-electron chi connectivity index (χ2n) is 14.3. The third-order valence-electron chi connectivity index (χ3n) is 9.67. The van der Waals surface area contributed by atoms with Crippen LogP contribution >= 0.6 is 0 Å². The number of nitrogens with zero attached hydrogens (tertiary/aromatic N) is 2. The Labute approximate surface area is 305 Å². The second kappa shape index (κ2) is 20.2. The molecule has 5 atom stereocenters. The molecule has 1 aromatic carbocycles. The molecule has 1 aromatic rings. The number of nitrogens with two attached hydrogens (primary N) is 3. The molecule has 1 aliphatic carbocycles. The van der Waals surface area contributed by atoms with Crippen LogP contribution in [0.4, 0.5) is 0 Å². The van der Waals surface area contributed by atoms with Crippen molar-refractivity contribution in [3.63, 3.8) is 0 Å². The predicted octanol–water partition coefficient (Wildman–Crippen LogP) is 0.0501. The molecule has 0 radical (unpaired) electrons. The van der Waals surface area contributed by atoms with Gasteiger partial charge in [-0.1, -0.05) is 58.1 Å². The lowest BCUT2D eigenvalue weighted by Gasteiger charge is -2.33. The third kappa shape index (κ3) is 13.0. The van der Waals surface area contributed by atoms with Gasteiger partial charge in [0.15, 0.2) is 5.96 Å². The Bertz CT molecular complexity index is 1430. The first-order chi connectivity index (χ1) is 24.7. The normalized spacial score (nSPS) is 18.4. The van der Waals surface area contributed by atoms with Gasteiger partial charge < -0.3 is 48.5 Å². The number of carbonyl (C=O) groups excluding carboxylic acids is 6. The molecule has 2 aliphatic rings. The number of aromatic hydroxyl groups is 1. The van der Waals surface area contributed by atoms with Crippen LogP contribution in [-0.4, -0.2) is 94.7 Å². The maximum atomic E-state index is 14.3. The molecule has 0 spiro atoms. The number of amides is 6. The van der Waals surface area contributed by atoms with Crippen molar-refractivity contribution in [3.05, 3.63) is 29.8 Å². The molecule has 0 aromatic heterocycles. The zero-order valence-electron chi connectivity index (χ0n) is 30.6. The number of likely N-dealkylation sites (tertiary alicyclic amines) is 1. The van der Waals surface area contributed by atoms with Gasteiger partial charge in [-0.05, 0) is 61.6 Å². The summed E-state index contributed by atoms with van der Waals surface area (Å²) >= 11 is 0. The van der Waals surface area contributed by atoms with Gasteiger partial charge in [-0.2, -0.15) is 0 Å². The van der Waals surface area contributed by atoms with Crippen LogP contribution < -0.4 is 38.5 Å². The van der Waals surface area contributed by atoms with Crippen molar-refractivity contribution in [2.24, 2.45) is 34.0 Å². The van der Waals surface area contributed by atoms with Crippen LogP contribution in [0.1, 0.15) is 90.5 Å². The van der Waals surface area contributed by atoms with Crippen LogP contribution in [0.5, 0.6) is 5.75 Å². The Kier molecular flexibility index (Phi) is 16.2. The fraction of sp³-hybridized carbons (Fsp3) is 0.639. The summed E-state index contributed by atoms with van der Waals surface area (Å²) in [4.78, 5) is 84.9. The maximum absolute atomic E-state index is 14.3. The summed E-state index contributed by atoms with van der Waals surface area (Å²) in [5.41, 5.74) is 16.9. The standard InChI is InChI=1S/C36H57N9O7/c1-21(2)30(41-22(3)46)34(51)44-28(20-23-9-5-4-6-10-23)35(52)45-18-8-12-29(45)33(50)43-27(19-24-13-15-25(47)16-14-24)32(49)42-26(31(37)48)11-7-17-40-36(38)39/h13-16,21,23,26-30,47H,4-12,17-20H2,1-3H3,(H2,37,48)(H,41,46)(H,42,49)(H,43,50)(H,44,51)(H4,38,39,40)/t26-,27+,28-,29+,30+/m0/s1. The zero-order valence-corrected chi connectivity index (χ0v) is 30.6. The summed E-state index contributed by atoms with van der Waals surface area (Å²) in [7, 11) is 0. The van der Waals surface area contributed by atoms with Crippen molar-refractivity contribution >= 4 is 41.4 Å². The lowest BCUT2D eigenvalue weighted by molar-refractivity contribution is -0.143. The van der Waals surface area contributed by atoms with E-state index in [4.69, 9.17) is 17.2 Å². The van der Waals surface area contributed by atoms with Crippen molar-refractivity contribution in [2.45, 2.75) is 122 Å². The number of hydrogen-bond acceptors (Lipinski definition) is 8. The highest BCUT2D eigenvalue weighted by atomic mass is 16.3. The molecule has 52 heavy (non-hydrogen) atoms. The van der Waals surface area contributed by atoms with E-state index < -0.39 is 59.7 Å². The number of benzene rings is 1. The summed E-state index contributed by atoms with van der Waals surface area (Å²) in [5.74, 6) is -3.32. The van der Waals surface area contributed by atoms with Crippen molar-refractivity contribution < 1.29 is 33.9 Å². The molecule has 1 aliphatic heterocycles. The number of carbonyl (C=O) groups is 6. The number of rotatable bonds is 18. The fourth-order valence-corrected chi connectivity index (χ4v) is 6.90. The minimum Gasteiger partial charge on any atom is -0.508 e. The van der Waals surface area contributed by atoms with Gasteiger partial charge in [0.2, 0.25) is 35.4 Å². The second-order valence-corrected chi connectivity index (χ2v) is 14.3. The molecule has 3 rings (SSSR count). The van der Waals surface area contributed by atoms with E-state index in [9.17, 15) is 33.9 Å². The first-order valence-corrected chi connectivity index (χ1v) is 18.3. The van der Waals surface area contributed by atoms with Crippen LogP contribution in [-0.2, 0) is 35.2 Å². The van der Waals surface area contributed by atoms with E-state index in [-0.39, 0.29) is 55.4 Å². The Morgan fingerprint density at radius 2 is 1.50 bits per heavy atom. The van der Waals surface area contributed by atoms with Crippen LogP contribution in [0.2, 0.25) is 0 Å². The van der Waals surface area contributed by atoms with E-state index in [1.165, 1.54) is 24.0 Å². The predicted molar refractivity (Wildman–Crippen MR) is 195 cm³/mol. The molecule has 288 valence electrons. The first-order valence-electron chi connectivity index (χ1n) is 18.3. The summed E-state index contributed by atoms with van der Waals surface area (Å²) in [6, 6.07) is 1.22. The quantitative estimate of drug-likeness (QED) is 0.0576. The summed E-state index contributed by atoms with van der Waals surface area (Å²) in [5, 5.41) is 20.8. The summed E-state index contributed by atoms with van der Waals surface area (Å²) in [6.07, 6.45) is 6.82. The van der Waals surface area contributed by atoms with Gasteiger partial charge in [0.25, 0.3) is 0 Å². The number of phenolic OH excluding ortho intramolecular Hbond substituents is 1. The van der Waals surface area contributed by atoms with Gasteiger partial charge in [-0.15, -0.1) is 0 Å². The van der Waals surface area contributed by atoms with Gasteiger partial charge in [0.05, 0.1) is 0 Å². The number of guanidine groups is 1. The highest BCUT2D eigenvalue weighted by molar-refractivity contribution is 5.96. The Morgan fingerprint density at radius 3 is 2.10 bits per heavy atom. The number of aliphatic imine (C=N–C) groups is 1. The lowest BCUT2D eigenvalue weighted by Crippen LogP contribution is -2.59. The molecule has 0 unspecified atom stereocenters. The topological polar surface area (TPSA) is 264 Å². The van der Waals surface area contributed by atoms with Crippen LogP contribution in [0, 0.1) is 11.8 Å². The zero-order chi connectivity index (χ0) is 38.4. The van der Waals surface area contributed by atoms with E-state index in [0.717, 1.165) is 32.1 Å². The Morgan fingerprint density at radius 1 is 0.846 bits per heavy atom. The van der Waals surface area contributed by atoms with E-state index in [1.54, 1.807) is 12.1 Å². The molecule has 1 heterocycles. The molecule has 6 amide bonds. The fourth-order valence-electron chi connectivity index (χ4n) is 6.90. The minimum atomic E-state index is -1.17. The molecule has 0 bridgehead atoms. The Balaban J connectivity index is 1.82. The minimum absolute atomic E-state index is 0.0120. The molecule has 16 heteroatoms. The largest absolute Gasteiger partial charge is 0.508 e. The molecule has 1 saturated carbocycles. The monoisotopic (exact) mass is 727 g/mol.